The minimum Gasteiger partial charge on any atom is -0.497 e. The van der Waals surface area contributed by atoms with Crippen molar-refractivity contribution in [3.05, 3.63) is 115 Å². The van der Waals surface area contributed by atoms with E-state index in [1.165, 1.54) is 0 Å². The maximum Gasteiger partial charge on any atom is 0.174 e. The molecule has 0 aliphatic rings. The molecule has 0 amide bonds. The molecule has 5 rings (SSSR count). The highest BCUT2D eigenvalue weighted by molar-refractivity contribution is 7.85. The number of aryl methyl sites for hydroxylation is 1. The highest BCUT2D eigenvalue weighted by Gasteiger charge is 2.35. The van der Waals surface area contributed by atoms with Crippen molar-refractivity contribution in [3.8, 4) is 5.75 Å². The number of para-hydroxylation sites is 1. The Balaban J connectivity index is 1.90. The quantitative estimate of drug-likeness (QED) is 0.316. The van der Waals surface area contributed by atoms with Crippen molar-refractivity contribution in [1.29, 1.82) is 0 Å². The molecule has 4 aromatic carbocycles. The van der Waals surface area contributed by atoms with E-state index in [9.17, 15) is 0 Å². The zero-order valence-corrected chi connectivity index (χ0v) is 20.0. The van der Waals surface area contributed by atoms with Gasteiger partial charge in [0.25, 0.3) is 0 Å². The number of nitrogens with zero attached hydrogens (tertiary/aromatic N) is 1. The van der Waals surface area contributed by atoms with Crippen LogP contribution in [-0.4, -0.2) is 12.1 Å². The van der Waals surface area contributed by atoms with E-state index >= 15 is 4.57 Å². The van der Waals surface area contributed by atoms with Gasteiger partial charge in [0.05, 0.1) is 29.3 Å². The second-order valence-corrected chi connectivity index (χ2v) is 10.8. The molecule has 34 heavy (non-hydrogen) atoms. The van der Waals surface area contributed by atoms with Crippen molar-refractivity contribution < 1.29 is 9.30 Å². The third-order valence-corrected chi connectivity index (χ3v) is 9.17. The Kier molecular flexibility index (Phi) is 5.91. The van der Waals surface area contributed by atoms with E-state index in [0.717, 1.165) is 44.3 Å². The smallest absolute Gasteiger partial charge is 0.174 e. The van der Waals surface area contributed by atoms with E-state index in [1.54, 1.807) is 7.11 Å². The summed E-state index contributed by atoms with van der Waals surface area (Å²) in [4.78, 5) is 4.90. The minimum atomic E-state index is -3.28. The van der Waals surface area contributed by atoms with Crippen LogP contribution in [0.5, 0.6) is 5.75 Å². The van der Waals surface area contributed by atoms with Gasteiger partial charge in [-0.15, -0.1) is 0 Å². The summed E-state index contributed by atoms with van der Waals surface area (Å²) in [7, 11) is -1.64. The molecule has 0 saturated carbocycles. The van der Waals surface area contributed by atoms with Gasteiger partial charge in [-0.3, -0.25) is 4.98 Å². The fourth-order valence-electron chi connectivity index (χ4n) is 4.34. The van der Waals surface area contributed by atoms with Crippen LogP contribution in [0.3, 0.4) is 0 Å². The predicted octanol–water partition coefficient (Wildman–Crippen LogP) is 5.93. The minimum absolute atomic E-state index is 0.703. The summed E-state index contributed by atoms with van der Waals surface area (Å²) < 4.78 is 20.9. The molecule has 5 aromatic rings. The number of methoxy groups -OCH3 is 1. The van der Waals surface area contributed by atoms with Gasteiger partial charge in [-0.2, -0.15) is 0 Å². The molecule has 0 aliphatic heterocycles. The Morgan fingerprint density at radius 2 is 1.32 bits per heavy atom. The van der Waals surface area contributed by atoms with Crippen LogP contribution in [0.15, 0.2) is 109 Å². The number of hydrogen-bond acceptors (Lipinski definition) is 4. The average molecular weight is 465 g/mol. The molecule has 1 N–H and O–H groups in total. The van der Waals surface area contributed by atoms with E-state index in [4.69, 9.17) is 9.72 Å². The third-order valence-electron chi connectivity index (χ3n) is 5.94. The first-order valence-electron chi connectivity index (χ1n) is 11.1. The van der Waals surface area contributed by atoms with Crippen molar-refractivity contribution in [2.75, 3.05) is 12.4 Å². The van der Waals surface area contributed by atoms with Gasteiger partial charge in [-0.1, -0.05) is 78.9 Å². The van der Waals surface area contributed by atoms with Crippen LogP contribution >= 0.6 is 7.14 Å². The fraction of sp³-hybridized carbons (Fsp3) is 0.0690. The first-order chi connectivity index (χ1) is 16.6. The van der Waals surface area contributed by atoms with Gasteiger partial charge in [-0.05, 0) is 37.3 Å². The van der Waals surface area contributed by atoms with Crippen LogP contribution in [0.2, 0.25) is 0 Å². The molecule has 0 saturated heterocycles. The van der Waals surface area contributed by atoms with Crippen molar-refractivity contribution >= 4 is 45.3 Å². The molecule has 168 valence electrons. The Labute approximate surface area is 199 Å². The second-order valence-electron chi connectivity index (χ2n) is 8.08. The monoisotopic (exact) mass is 464 g/mol. The lowest BCUT2D eigenvalue weighted by atomic mass is 10.1. The Bertz CT molecular complexity index is 1440. The third kappa shape index (κ3) is 3.87. The van der Waals surface area contributed by atoms with Crippen LogP contribution in [0.25, 0.3) is 10.9 Å². The molecular weight excluding hydrogens is 439 g/mol. The molecule has 0 fully saturated rings. The molecule has 5 heteroatoms. The SMILES string of the molecule is COc1ccc2nc(C)c(P(=O)(c3ccccc3)c3ccccc3)c(Nc3ccccc3)c2c1. The van der Waals surface area contributed by atoms with Crippen molar-refractivity contribution in [1.82, 2.24) is 4.98 Å². The summed E-state index contributed by atoms with van der Waals surface area (Å²) >= 11 is 0. The molecule has 1 aromatic heterocycles. The average Bonchev–Trinajstić information content (AvgIpc) is 2.90. The van der Waals surface area contributed by atoms with Gasteiger partial charge in [0.1, 0.15) is 5.75 Å². The van der Waals surface area contributed by atoms with Gasteiger partial charge >= 0.3 is 0 Å². The van der Waals surface area contributed by atoms with E-state index in [0.29, 0.717) is 5.30 Å². The number of hydrogen-bond donors (Lipinski definition) is 1. The number of pyridine rings is 1. The second kappa shape index (κ2) is 9.17. The number of anilines is 2. The van der Waals surface area contributed by atoms with Crippen molar-refractivity contribution in [2.24, 2.45) is 0 Å². The Hall–Kier alpha value is -3.88. The van der Waals surface area contributed by atoms with Gasteiger partial charge in [-0.25, -0.2) is 0 Å². The fourth-order valence-corrected chi connectivity index (χ4v) is 7.34. The van der Waals surface area contributed by atoms with E-state index < -0.39 is 7.14 Å². The van der Waals surface area contributed by atoms with Gasteiger partial charge < -0.3 is 14.6 Å². The first-order valence-corrected chi connectivity index (χ1v) is 12.8. The Morgan fingerprint density at radius 1 is 0.765 bits per heavy atom. The molecule has 0 spiro atoms. The van der Waals surface area contributed by atoms with Crippen LogP contribution < -0.4 is 26.0 Å². The van der Waals surface area contributed by atoms with E-state index in [2.05, 4.69) is 5.32 Å². The van der Waals surface area contributed by atoms with Crippen molar-refractivity contribution in [2.45, 2.75) is 6.92 Å². The largest absolute Gasteiger partial charge is 0.497 e. The highest BCUT2D eigenvalue weighted by Crippen LogP contribution is 2.47. The number of nitrogens with one attached hydrogen (secondary N) is 1. The number of fused-ring (bicyclic) bond motifs is 1. The molecule has 1 heterocycles. The lowest BCUT2D eigenvalue weighted by molar-refractivity contribution is 0.415. The normalized spacial score (nSPS) is 11.4. The van der Waals surface area contributed by atoms with Crippen molar-refractivity contribution in [3.63, 3.8) is 0 Å². The van der Waals surface area contributed by atoms with Gasteiger partial charge in [0.15, 0.2) is 7.14 Å². The maximum atomic E-state index is 15.3. The topological polar surface area (TPSA) is 51.2 Å². The summed E-state index contributed by atoms with van der Waals surface area (Å²) in [6.45, 7) is 1.94. The number of benzene rings is 4. The molecule has 0 atom stereocenters. The number of ether oxygens (including phenoxy) is 1. The molecule has 0 unspecified atom stereocenters. The summed E-state index contributed by atoms with van der Waals surface area (Å²) in [6, 6.07) is 35.1. The van der Waals surface area contributed by atoms with Crippen LogP contribution in [0, 0.1) is 6.92 Å². The number of rotatable bonds is 6. The lowest BCUT2D eigenvalue weighted by Gasteiger charge is -2.26. The number of aromatic nitrogens is 1. The molecule has 4 nitrogen and oxygen atoms in total. The van der Waals surface area contributed by atoms with Crippen LogP contribution in [-0.2, 0) is 4.57 Å². The first kappa shape index (κ1) is 21.9. The summed E-state index contributed by atoms with van der Waals surface area (Å²) in [5.74, 6) is 0.717. The lowest BCUT2D eigenvalue weighted by Crippen LogP contribution is -2.29. The summed E-state index contributed by atoms with van der Waals surface area (Å²) in [5, 5.41) is 6.68. The maximum absolute atomic E-state index is 15.3. The zero-order valence-electron chi connectivity index (χ0n) is 19.1. The van der Waals surface area contributed by atoms with Gasteiger partial charge in [0, 0.05) is 21.7 Å². The van der Waals surface area contributed by atoms with Crippen LogP contribution in [0.1, 0.15) is 5.69 Å². The summed E-state index contributed by atoms with van der Waals surface area (Å²) in [6.07, 6.45) is 0. The summed E-state index contributed by atoms with van der Waals surface area (Å²) in [5.41, 5.74) is 3.23. The molecular formula is C29H25N2O2P. The standard InChI is InChI=1S/C29H25N2O2P/c1-21-29(34(32,24-14-8-4-9-15-24)25-16-10-5-11-17-25)28(31-22-12-6-3-7-13-22)26-20-23(33-2)18-19-27(26)30-21/h3-20H,1-2H3,(H,30,31). The highest BCUT2D eigenvalue weighted by atomic mass is 31.2. The van der Waals surface area contributed by atoms with Crippen LogP contribution in [0.4, 0.5) is 11.4 Å². The molecule has 0 bridgehead atoms. The Morgan fingerprint density at radius 3 is 1.88 bits per heavy atom. The molecule has 0 aliphatic carbocycles. The van der Waals surface area contributed by atoms with E-state index in [-0.39, 0.29) is 0 Å². The zero-order chi connectivity index (χ0) is 23.5. The van der Waals surface area contributed by atoms with Gasteiger partial charge in [0.2, 0.25) is 0 Å². The predicted molar refractivity (Wildman–Crippen MR) is 142 cm³/mol. The molecule has 0 radical (unpaired) electrons. The van der Waals surface area contributed by atoms with E-state index in [1.807, 2.05) is 116 Å².